The van der Waals surface area contributed by atoms with Crippen LogP contribution in [0.1, 0.15) is 42.3 Å². The molecule has 5 nitrogen and oxygen atoms in total. The normalized spacial score (nSPS) is 11.2. The molecule has 5 heteroatoms. The maximum Gasteiger partial charge on any atom is 0.269 e. The second-order valence-corrected chi connectivity index (χ2v) is 6.92. The number of carbonyl (C=O) groups is 1. The highest BCUT2D eigenvalue weighted by atomic mass is 16.6. The first-order valence-electron chi connectivity index (χ1n) is 7.78. The molecule has 0 aromatic heterocycles. The highest BCUT2D eigenvalue weighted by Gasteiger charge is 2.16. The number of nitrogens with zero attached hydrogens (tertiary/aromatic N) is 2. The molecule has 0 spiro atoms. The molecule has 0 aliphatic heterocycles. The Kier molecular flexibility index (Phi) is 5.02. The number of hydrogen-bond donors (Lipinski definition) is 0. The molecule has 24 heavy (non-hydrogen) atoms. The van der Waals surface area contributed by atoms with Crippen molar-refractivity contribution < 1.29 is 9.72 Å². The lowest BCUT2D eigenvalue weighted by Gasteiger charge is -2.20. The predicted molar refractivity (Wildman–Crippen MR) is 94.0 cm³/mol. The average Bonchev–Trinajstić information content (AvgIpc) is 2.53. The van der Waals surface area contributed by atoms with E-state index in [1.165, 1.54) is 17.7 Å². The molecule has 0 heterocycles. The van der Waals surface area contributed by atoms with E-state index < -0.39 is 4.92 Å². The number of hydrogen-bond acceptors (Lipinski definition) is 3. The number of carbonyl (C=O) groups excluding carboxylic acids is 1. The first kappa shape index (κ1) is 17.7. The minimum atomic E-state index is -0.434. The number of benzene rings is 2. The molecule has 0 unspecified atom stereocenters. The van der Waals surface area contributed by atoms with E-state index in [4.69, 9.17) is 0 Å². The van der Waals surface area contributed by atoms with Crippen molar-refractivity contribution in [3.05, 3.63) is 75.3 Å². The fraction of sp³-hybridized carbons (Fsp3) is 0.316. The third-order valence-electron chi connectivity index (χ3n) is 3.89. The third-order valence-corrected chi connectivity index (χ3v) is 3.89. The van der Waals surface area contributed by atoms with Gasteiger partial charge in [0, 0.05) is 31.3 Å². The van der Waals surface area contributed by atoms with Crippen molar-refractivity contribution in [1.82, 2.24) is 4.90 Å². The van der Waals surface area contributed by atoms with Crippen molar-refractivity contribution in [2.24, 2.45) is 0 Å². The number of rotatable bonds is 4. The number of nitro groups is 1. The highest BCUT2D eigenvalue weighted by Crippen LogP contribution is 2.22. The van der Waals surface area contributed by atoms with E-state index in [1.54, 1.807) is 24.1 Å². The van der Waals surface area contributed by atoms with Crippen LogP contribution >= 0.6 is 0 Å². The Morgan fingerprint density at radius 2 is 1.75 bits per heavy atom. The molecule has 126 valence electrons. The SMILES string of the molecule is CN(Cc1cccc([N+](=O)[O-])c1)C(=O)c1ccc(C(C)(C)C)cc1. The van der Waals surface area contributed by atoms with E-state index in [-0.39, 0.29) is 17.0 Å². The summed E-state index contributed by atoms with van der Waals surface area (Å²) in [7, 11) is 1.69. The fourth-order valence-corrected chi connectivity index (χ4v) is 2.45. The van der Waals surface area contributed by atoms with Crippen molar-refractivity contribution in [2.75, 3.05) is 7.05 Å². The van der Waals surface area contributed by atoms with Crippen LogP contribution in [0.4, 0.5) is 5.69 Å². The summed E-state index contributed by atoms with van der Waals surface area (Å²) in [6, 6.07) is 13.9. The first-order valence-corrected chi connectivity index (χ1v) is 7.78. The molecule has 2 aromatic rings. The Hall–Kier alpha value is -2.69. The van der Waals surface area contributed by atoms with Gasteiger partial charge >= 0.3 is 0 Å². The fourth-order valence-electron chi connectivity index (χ4n) is 2.45. The lowest BCUT2D eigenvalue weighted by Crippen LogP contribution is -2.26. The molecular weight excluding hydrogens is 304 g/mol. The van der Waals surface area contributed by atoms with Gasteiger partial charge in [-0.25, -0.2) is 0 Å². The summed E-state index contributed by atoms with van der Waals surface area (Å²) in [5.74, 6) is -0.109. The molecule has 0 radical (unpaired) electrons. The minimum Gasteiger partial charge on any atom is -0.337 e. The van der Waals surface area contributed by atoms with Gasteiger partial charge in [-0.15, -0.1) is 0 Å². The van der Waals surface area contributed by atoms with Crippen LogP contribution in [0.15, 0.2) is 48.5 Å². The van der Waals surface area contributed by atoms with Crippen molar-refractivity contribution in [3.63, 3.8) is 0 Å². The molecule has 0 saturated carbocycles. The highest BCUT2D eigenvalue weighted by molar-refractivity contribution is 5.94. The molecule has 0 saturated heterocycles. The van der Waals surface area contributed by atoms with Gasteiger partial charge in [-0.05, 0) is 28.7 Å². The van der Waals surface area contributed by atoms with Gasteiger partial charge in [0.05, 0.1) is 4.92 Å². The summed E-state index contributed by atoms with van der Waals surface area (Å²) in [6.45, 7) is 6.69. The number of amides is 1. The first-order chi connectivity index (χ1) is 11.2. The Morgan fingerprint density at radius 1 is 1.12 bits per heavy atom. The van der Waals surface area contributed by atoms with Crippen LogP contribution < -0.4 is 0 Å². The van der Waals surface area contributed by atoms with Crippen molar-refractivity contribution >= 4 is 11.6 Å². The van der Waals surface area contributed by atoms with Crippen LogP contribution in [0.25, 0.3) is 0 Å². The van der Waals surface area contributed by atoms with Crippen LogP contribution in [0.5, 0.6) is 0 Å². The van der Waals surface area contributed by atoms with Gasteiger partial charge in [-0.2, -0.15) is 0 Å². The van der Waals surface area contributed by atoms with E-state index in [0.29, 0.717) is 12.1 Å². The quantitative estimate of drug-likeness (QED) is 0.626. The number of nitro benzene ring substituents is 1. The van der Waals surface area contributed by atoms with Gasteiger partial charge in [0.25, 0.3) is 11.6 Å². The molecule has 0 N–H and O–H groups in total. The molecule has 0 fully saturated rings. The van der Waals surface area contributed by atoms with E-state index in [9.17, 15) is 14.9 Å². The lowest BCUT2D eigenvalue weighted by molar-refractivity contribution is -0.384. The van der Waals surface area contributed by atoms with Gasteiger partial charge in [-0.3, -0.25) is 14.9 Å². The van der Waals surface area contributed by atoms with Crippen molar-refractivity contribution in [1.29, 1.82) is 0 Å². The van der Waals surface area contributed by atoms with E-state index in [1.807, 2.05) is 24.3 Å². The van der Waals surface area contributed by atoms with E-state index in [0.717, 1.165) is 5.56 Å². The van der Waals surface area contributed by atoms with Crippen LogP contribution in [0.2, 0.25) is 0 Å². The van der Waals surface area contributed by atoms with Crippen LogP contribution in [0, 0.1) is 10.1 Å². The van der Waals surface area contributed by atoms with Crippen LogP contribution in [-0.4, -0.2) is 22.8 Å². The molecule has 0 aliphatic carbocycles. The Balaban J connectivity index is 2.12. The summed E-state index contributed by atoms with van der Waals surface area (Å²) < 4.78 is 0. The monoisotopic (exact) mass is 326 g/mol. The maximum atomic E-state index is 12.5. The lowest BCUT2D eigenvalue weighted by atomic mass is 9.86. The van der Waals surface area contributed by atoms with Crippen LogP contribution in [0.3, 0.4) is 0 Å². The van der Waals surface area contributed by atoms with Gasteiger partial charge in [0.2, 0.25) is 0 Å². The molecule has 0 atom stereocenters. The van der Waals surface area contributed by atoms with Gasteiger partial charge in [-0.1, -0.05) is 45.0 Å². The summed E-state index contributed by atoms with van der Waals surface area (Å²) in [6.07, 6.45) is 0. The summed E-state index contributed by atoms with van der Waals surface area (Å²) >= 11 is 0. The summed E-state index contributed by atoms with van der Waals surface area (Å²) in [5, 5.41) is 10.8. The van der Waals surface area contributed by atoms with Crippen molar-refractivity contribution in [2.45, 2.75) is 32.7 Å². The molecule has 0 aliphatic rings. The maximum absolute atomic E-state index is 12.5. The van der Waals surface area contributed by atoms with E-state index >= 15 is 0 Å². The smallest absolute Gasteiger partial charge is 0.269 e. The Morgan fingerprint density at radius 3 is 2.29 bits per heavy atom. The minimum absolute atomic E-state index is 0.0304. The average molecular weight is 326 g/mol. The molecule has 0 bridgehead atoms. The Bertz CT molecular complexity index is 746. The zero-order chi connectivity index (χ0) is 17.9. The topological polar surface area (TPSA) is 63.4 Å². The second kappa shape index (κ2) is 6.83. The molecular formula is C19H22N2O3. The van der Waals surface area contributed by atoms with Crippen LogP contribution in [-0.2, 0) is 12.0 Å². The zero-order valence-corrected chi connectivity index (χ0v) is 14.4. The van der Waals surface area contributed by atoms with Gasteiger partial charge in [0.15, 0.2) is 0 Å². The van der Waals surface area contributed by atoms with Gasteiger partial charge < -0.3 is 4.90 Å². The predicted octanol–water partition coefficient (Wildman–Crippen LogP) is 4.16. The third kappa shape index (κ3) is 4.19. The van der Waals surface area contributed by atoms with E-state index in [2.05, 4.69) is 20.8 Å². The standard InChI is InChI=1S/C19H22N2O3/c1-19(2,3)16-10-8-15(9-11-16)18(22)20(4)13-14-6-5-7-17(12-14)21(23)24/h5-12H,13H2,1-4H3. The number of non-ortho nitro benzene ring substituents is 1. The summed E-state index contributed by atoms with van der Waals surface area (Å²) in [5.41, 5.74) is 2.57. The molecule has 1 amide bonds. The summed E-state index contributed by atoms with van der Waals surface area (Å²) in [4.78, 5) is 24.5. The molecule has 2 rings (SSSR count). The Labute approximate surface area is 142 Å². The van der Waals surface area contributed by atoms with Crippen molar-refractivity contribution in [3.8, 4) is 0 Å². The largest absolute Gasteiger partial charge is 0.337 e. The van der Waals surface area contributed by atoms with Gasteiger partial charge in [0.1, 0.15) is 0 Å². The second-order valence-electron chi connectivity index (χ2n) is 6.92. The molecule has 2 aromatic carbocycles. The zero-order valence-electron chi connectivity index (χ0n) is 14.4.